The fourth-order valence-electron chi connectivity index (χ4n) is 2.10. The summed E-state index contributed by atoms with van der Waals surface area (Å²) < 4.78 is 0. The Morgan fingerprint density at radius 3 is 2.77 bits per heavy atom. The van der Waals surface area contributed by atoms with Crippen LogP contribution in [0.1, 0.15) is 39.5 Å². The largest absolute Gasteiger partial charge is 0.303 e. The first kappa shape index (κ1) is 10.4. The van der Waals surface area contributed by atoms with Crippen LogP contribution < -0.4 is 0 Å². The Kier molecular flexibility index (Phi) is 3.64. The first-order valence-corrected chi connectivity index (χ1v) is 5.19. The van der Waals surface area contributed by atoms with Crippen molar-refractivity contribution in [3.8, 4) is 0 Å². The lowest BCUT2D eigenvalue weighted by Crippen LogP contribution is -2.33. The van der Waals surface area contributed by atoms with Gasteiger partial charge in [-0.15, -0.1) is 0 Å². The van der Waals surface area contributed by atoms with Gasteiger partial charge in [-0.05, 0) is 18.8 Å². The molecule has 0 spiro atoms. The number of ketones is 1. The van der Waals surface area contributed by atoms with Crippen molar-refractivity contribution in [2.75, 3.05) is 0 Å². The molecule has 0 heterocycles. The summed E-state index contributed by atoms with van der Waals surface area (Å²) in [5.41, 5.74) is 0. The average Bonchev–Trinajstić information content (AvgIpc) is 2.17. The minimum atomic E-state index is -0.298. The predicted molar refractivity (Wildman–Crippen MR) is 51.4 cm³/mol. The summed E-state index contributed by atoms with van der Waals surface area (Å²) in [5.74, 6) is 0.479. The molecule has 0 aromatic heterocycles. The molecule has 74 valence electrons. The molecule has 2 heteroatoms. The number of aldehydes is 1. The molecule has 1 aliphatic carbocycles. The van der Waals surface area contributed by atoms with Crippen LogP contribution in [0.4, 0.5) is 0 Å². The second-order valence-electron chi connectivity index (χ2n) is 4.07. The molecule has 1 aliphatic rings. The van der Waals surface area contributed by atoms with E-state index in [1.807, 2.05) is 0 Å². The molecule has 1 fully saturated rings. The van der Waals surface area contributed by atoms with Crippen LogP contribution in [0.25, 0.3) is 0 Å². The van der Waals surface area contributed by atoms with Crippen LogP contribution in [-0.2, 0) is 9.59 Å². The van der Waals surface area contributed by atoms with Gasteiger partial charge in [0.25, 0.3) is 0 Å². The predicted octanol–water partition coefficient (Wildman–Crippen LogP) is 2.22. The number of rotatable bonds is 3. The van der Waals surface area contributed by atoms with E-state index in [1.165, 1.54) is 0 Å². The topological polar surface area (TPSA) is 34.1 Å². The van der Waals surface area contributed by atoms with Gasteiger partial charge in [0.2, 0.25) is 0 Å². The smallest absolute Gasteiger partial charge is 0.146 e. The summed E-state index contributed by atoms with van der Waals surface area (Å²) in [6.45, 7) is 4.21. The molecule has 3 unspecified atom stereocenters. The van der Waals surface area contributed by atoms with Gasteiger partial charge in [-0.25, -0.2) is 0 Å². The van der Waals surface area contributed by atoms with Gasteiger partial charge >= 0.3 is 0 Å². The molecule has 1 saturated carbocycles. The molecule has 0 bridgehead atoms. The van der Waals surface area contributed by atoms with Crippen LogP contribution in [0.3, 0.4) is 0 Å². The maximum absolute atomic E-state index is 11.7. The van der Waals surface area contributed by atoms with E-state index in [0.717, 1.165) is 32.0 Å². The van der Waals surface area contributed by atoms with Crippen molar-refractivity contribution >= 4 is 12.1 Å². The van der Waals surface area contributed by atoms with Crippen LogP contribution in [0, 0.1) is 17.8 Å². The zero-order valence-corrected chi connectivity index (χ0v) is 8.45. The van der Waals surface area contributed by atoms with Crippen LogP contribution in [0.2, 0.25) is 0 Å². The van der Waals surface area contributed by atoms with Crippen LogP contribution >= 0.6 is 0 Å². The van der Waals surface area contributed by atoms with Crippen molar-refractivity contribution in [2.24, 2.45) is 17.8 Å². The lowest BCUT2D eigenvalue weighted by atomic mass is 9.74. The van der Waals surface area contributed by atoms with Crippen molar-refractivity contribution in [2.45, 2.75) is 39.5 Å². The monoisotopic (exact) mass is 182 g/mol. The van der Waals surface area contributed by atoms with Crippen molar-refractivity contribution in [3.63, 3.8) is 0 Å². The minimum absolute atomic E-state index is 0.147. The molecule has 0 aliphatic heterocycles. The number of hydrogen-bond acceptors (Lipinski definition) is 2. The zero-order valence-electron chi connectivity index (χ0n) is 8.45. The Bertz CT molecular complexity index is 198. The molecule has 0 aromatic rings. The van der Waals surface area contributed by atoms with Gasteiger partial charge in [-0.2, -0.15) is 0 Å². The second kappa shape index (κ2) is 4.54. The van der Waals surface area contributed by atoms with Crippen LogP contribution in [0.15, 0.2) is 0 Å². The third kappa shape index (κ3) is 2.17. The standard InChI is InChI=1S/C11H18O2/c1-3-8(2)10-6-4-5-9(7-12)11(10)13/h7-10H,3-6H2,1-2H3. The number of hydrogen-bond donors (Lipinski definition) is 0. The van der Waals surface area contributed by atoms with E-state index in [4.69, 9.17) is 0 Å². The van der Waals surface area contributed by atoms with Crippen molar-refractivity contribution < 1.29 is 9.59 Å². The van der Waals surface area contributed by atoms with Crippen molar-refractivity contribution in [3.05, 3.63) is 0 Å². The van der Waals surface area contributed by atoms with Crippen molar-refractivity contribution in [1.29, 1.82) is 0 Å². The fraction of sp³-hybridized carbons (Fsp3) is 0.818. The molecule has 2 nitrogen and oxygen atoms in total. The van der Waals surface area contributed by atoms with Gasteiger partial charge in [0.1, 0.15) is 12.1 Å². The van der Waals surface area contributed by atoms with Crippen LogP contribution in [-0.4, -0.2) is 12.1 Å². The zero-order chi connectivity index (χ0) is 9.84. The molecule has 0 amide bonds. The van der Waals surface area contributed by atoms with Gasteiger partial charge < -0.3 is 4.79 Å². The first-order valence-electron chi connectivity index (χ1n) is 5.19. The molecule has 0 N–H and O–H groups in total. The minimum Gasteiger partial charge on any atom is -0.303 e. The highest BCUT2D eigenvalue weighted by Crippen LogP contribution is 2.31. The second-order valence-corrected chi connectivity index (χ2v) is 4.07. The average molecular weight is 182 g/mol. The summed E-state index contributed by atoms with van der Waals surface area (Å²) in [4.78, 5) is 22.3. The maximum Gasteiger partial charge on any atom is 0.146 e. The van der Waals surface area contributed by atoms with Gasteiger partial charge in [-0.3, -0.25) is 4.79 Å². The van der Waals surface area contributed by atoms with E-state index >= 15 is 0 Å². The Balaban J connectivity index is 2.64. The summed E-state index contributed by atoms with van der Waals surface area (Å²) in [6, 6.07) is 0. The SMILES string of the molecule is CCC(C)C1CCCC(C=O)C1=O. The molecule has 1 rings (SSSR count). The van der Waals surface area contributed by atoms with E-state index < -0.39 is 0 Å². The van der Waals surface area contributed by atoms with E-state index in [1.54, 1.807) is 0 Å². The van der Waals surface area contributed by atoms with Gasteiger partial charge in [0, 0.05) is 5.92 Å². The summed E-state index contributed by atoms with van der Waals surface area (Å²) >= 11 is 0. The van der Waals surface area contributed by atoms with E-state index in [9.17, 15) is 9.59 Å². The molecule has 0 radical (unpaired) electrons. The Morgan fingerprint density at radius 1 is 1.54 bits per heavy atom. The highest BCUT2D eigenvalue weighted by atomic mass is 16.1. The highest BCUT2D eigenvalue weighted by molar-refractivity contribution is 5.95. The number of carbonyl (C=O) groups is 2. The van der Waals surface area contributed by atoms with Gasteiger partial charge in [0.05, 0.1) is 5.92 Å². The molecule has 3 atom stereocenters. The molecule has 0 saturated heterocycles. The van der Waals surface area contributed by atoms with E-state index in [-0.39, 0.29) is 17.6 Å². The highest BCUT2D eigenvalue weighted by Gasteiger charge is 2.33. The Labute approximate surface area is 79.7 Å². The first-order chi connectivity index (χ1) is 6.20. The summed E-state index contributed by atoms with van der Waals surface area (Å²) in [5, 5.41) is 0. The van der Waals surface area contributed by atoms with Crippen molar-refractivity contribution in [1.82, 2.24) is 0 Å². The molecule has 0 aromatic carbocycles. The normalized spacial score (nSPS) is 31.4. The maximum atomic E-state index is 11.7. The lowest BCUT2D eigenvalue weighted by Gasteiger charge is -2.28. The fourth-order valence-corrected chi connectivity index (χ4v) is 2.10. The number of carbonyl (C=O) groups excluding carboxylic acids is 2. The molecule has 13 heavy (non-hydrogen) atoms. The van der Waals surface area contributed by atoms with Gasteiger partial charge in [0.15, 0.2) is 0 Å². The quantitative estimate of drug-likeness (QED) is 0.495. The van der Waals surface area contributed by atoms with E-state index in [2.05, 4.69) is 13.8 Å². The molecular formula is C11H18O2. The molecular weight excluding hydrogens is 164 g/mol. The Hall–Kier alpha value is -0.660. The van der Waals surface area contributed by atoms with Crippen LogP contribution in [0.5, 0.6) is 0 Å². The summed E-state index contributed by atoms with van der Waals surface area (Å²) in [7, 11) is 0. The number of Topliss-reactive ketones (excluding diaryl/α,β-unsaturated/α-hetero) is 1. The lowest BCUT2D eigenvalue weighted by molar-refractivity contribution is -0.134. The Morgan fingerprint density at radius 2 is 2.23 bits per heavy atom. The third-order valence-electron chi connectivity index (χ3n) is 3.26. The van der Waals surface area contributed by atoms with E-state index in [0.29, 0.717) is 5.92 Å². The van der Waals surface area contributed by atoms with Gasteiger partial charge in [-0.1, -0.05) is 26.7 Å². The summed E-state index contributed by atoms with van der Waals surface area (Å²) in [6.07, 6.45) is 4.65. The third-order valence-corrected chi connectivity index (χ3v) is 3.26.